The van der Waals surface area contributed by atoms with Crippen LogP contribution in [0, 0.1) is 0 Å². The van der Waals surface area contributed by atoms with Gasteiger partial charge < -0.3 is 4.90 Å². The maximum atomic E-state index is 12.3. The summed E-state index contributed by atoms with van der Waals surface area (Å²) in [6.45, 7) is 2.91. The Labute approximate surface area is 144 Å². The summed E-state index contributed by atoms with van der Waals surface area (Å²) in [5, 5.41) is 5.45. The molecular formula is C18H20N4OS. The smallest absolute Gasteiger partial charge is 0.275 e. The van der Waals surface area contributed by atoms with Crippen molar-refractivity contribution >= 4 is 21.4 Å². The van der Waals surface area contributed by atoms with Gasteiger partial charge in [0.2, 0.25) is 10.1 Å². The number of hydrogen-bond acceptors (Lipinski definition) is 5. The molecule has 0 radical (unpaired) electrons. The Kier molecular flexibility index (Phi) is 4.06. The van der Waals surface area contributed by atoms with Crippen LogP contribution in [0.5, 0.6) is 0 Å². The second-order valence-electron chi connectivity index (χ2n) is 6.26. The maximum Gasteiger partial charge on any atom is 0.275 e. The summed E-state index contributed by atoms with van der Waals surface area (Å²) in [5.41, 5.74) is 2.04. The first-order valence-corrected chi connectivity index (χ1v) is 9.26. The number of aryl methyl sites for hydroxylation is 1. The molecule has 4 rings (SSSR count). The van der Waals surface area contributed by atoms with Crippen LogP contribution >= 0.6 is 11.3 Å². The summed E-state index contributed by atoms with van der Waals surface area (Å²) >= 11 is 1.51. The van der Waals surface area contributed by atoms with Gasteiger partial charge in [-0.1, -0.05) is 55.0 Å². The number of aromatic nitrogens is 3. The quantitative estimate of drug-likeness (QED) is 0.691. The second kappa shape index (κ2) is 6.36. The monoisotopic (exact) mass is 340 g/mol. The molecule has 0 N–H and O–H groups in total. The van der Waals surface area contributed by atoms with Crippen LogP contribution in [0.15, 0.2) is 41.2 Å². The number of rotatable bonds is 6. The molecule has 1 aliphatic carbocycles. The van der Waals surface area contributed by atoms with Crippen LogP contribution in [0.2, 0.25) is 0 Å². The molecule has 124 valence electrons. The van der Waals surface area contributed by atoms with Crippen LogP contribution in [0.4, 0.5) is 5.13 Å². The first kappa shape index (κ1) is 15.3. The first-order chi connectivity index (χ1) is 11.7. The topological polar surface area (TPSA) is 50.5 Å². The average Bonchev–Trinajstić information content (AvgIpc) is 3.33. The Morgan fingerprint density at radius 3 is 2.79 bits per heavy atom. The number of nitrogens with zero attached hydrogens (tertiary/aromatic N) is 4. The van der Waals surface area contributed by atoms with E-state index >= 15 is 0 Å². The molecule has 0 amide bonds. The molecule has 0 spiro atoms. The molecule has 0 atom stereocenters. The van der Waals surface area contributed by atoms with Gasteiger partial charge in [0.15, 0.2) is 0 Å². The first-order valence-electron chi connectivity index (χ1n) is 8.45. The van der Waals surface area contributed by atoms with Crippen molar-refractivity contribution in [2.45, 2.75) is 45.2 Å². The van der Waals surface area contributed by atoms with E-state index in [1.165, 1.54) is 34.3 Å². The van der Waals surface area contributed by atoms with Gasteiger partial charge in [0.25, 0.3) is 5.56 Å². The fourth-order valence-electron chi connectivity index (χ4n) is 2.87. The normalized spacial score (nSPS) is 14.2. The lowest BCUT2D eigenvalue weighted by atomic mass is 10.2. The van der Waals surface area contributed by atoms with E-state index in [0.29, 0.717) is 11.0 Å². The molecule has 0 bridgehead atoms. The largest absolute Gasteiger partial charge is 0.339 e. The summed E-state index contributed by atoms with van der Waals surface area (Å²) in [5.74, 6) is 0. The summed E-state index contributed by atoms with van der Waals surface area (Å²) < 4.78 is 1.44. The highest BCUT2D eigenvalue weighted by molar-refractivity contribution is 7.20. The predicted octanol–water partition coefficient (Wildman–Crippen LogP) is 3.27. The molecule has 1 saturated carbocycles. The third kappa shape index (κ3) is 3.06. The van der Waals surface area contributed by atoms with Crippen molar-refractivity contribution in [2.24, 2.45) is 0 Å². The van der Waals surface area contributed by atoms with Crippen molar-refractivity contribution in [1.82, 2.24) is 14.6 Å². The van der Waals surface area contributed by atoms with Gasteiger partial charge in [0.1, 0.15) is 0 Å². The molecule has 0 saturated heterocycles. The number of anilines is 1. The second-order valence-corrected chi connectivity index (χ2v) is 7.19. The summed E-state index contributed by atoms with van der Waals surface area (Å²) in [4.78, 5) is 19.9. The van der Waals surface area contributed by atoms with Crippen LogP contribution in [0.25, 0.3) is 4.96 Å². The van der Waals surface area contributed by atoms with Crippen molar-refractivity contribution in [2.75, 3.05) is 4.90 Å². The lowest BCUT2D eigenvalue weighted by Crippen LogP contribution is -2.25. The van der Waals surface area contributed by atoms with E-state index in [2.05, 4.69) is 46.2 Å². The van der Waals surface area contributed by atoms with Crippen LogP contribution < -0.4 is 10.5 Å². The van der Waals surface area contributed by atoms with E-state index in [9.17, 15) is 4.79 Å². The molecule has 0 unspecified atom stereocenters. The third-order valence-electron chi connectivity index (χ3n) is 4.22. The fraction of sp³-hybridized carbons (Fsp3) is 0.389. The summed E-state index contributed by atoms with van der Waals surface area (Å²) in [7, 11) is 0. The lowest BCUT2D eigenvalue weighted by Gasteiger charge is -2.20. The Bertz CT molecular complexity index is 898. The van der Waals surface area contributed by atoms with Gasteiger partial charge in [-0.3, -0.25) is 4.79 Å². The van der Waals surface area contributed by atoms with E-state index in [-0.39, 0.29) is 5.56 Å². The van der Waals surface area contributed by atoms with Crippen LogP contribution in [-0.4, -0.2) is 20.6 Å². The number of benzene rings is 1. The van der Waals surface area contributed by atoms with E-state index in [1.807, 2.05) is 6.07 Å². The van der Waals surface area contributed by atoms with E-state index in [1.54, 1.807) is 6.07 Å². The Balaban J connectivity index is 1.70. The predicted molar refractivity (Wildman–Crippen MR) is 96.8 cm³/mol. The Hall–Kier alpha value is -2.21. The summed E-state index contributed by atoms with van der Waals surface area (Å²) in [6, 6.07) is 12.5. The molecule has 1 aromatic carbocycles. The van der Waals surface area contributed by atoms with Gasteiger partial charge in [-0.2, -0.15) is 4.52 Å². The van der Waals surface area contributed by atoms with Gasteiger partial charge >= 0.3 is 0 Å². The highest BCUT2D eigenvalue weighted by Crippen LogP contribution is 2.35. The molecule has 0 aliphatic heterocycles. The highest BCUT2D eigenvalue weighted by atomic mass is 32.1. The Morgan fingerprint density at radius 1 is 1.29 bits per heavy atom. The highest BCUT2D eigenvalue weighted by Gasteiger charge is 2.31. The van der Waals surface area contributed by atoms with Gasteiger partial charge in [0.05, 0.1) is 0 Å². The minimum absolute atomic E-state index is 0.0820. The van der Waals surface area contributed by atoms with E-state index in [0.717, 1.165) is 30.2 Å². The van der Waals surface area contributed by atoms with Crippen molar-refractivity contribution < 1.29 is 0 Å². The number of fused-ring (bicyclic) bond motifs is 1. The molecule has 5 nitrogen and oxygen atoms in total. The van der Waals surface area contributed by atoms with Gasteiger partial charge in [-0.25, -0.2) is 4.98 Å². The van der Waals surface area contributed by atoms with Crippen LogP contribution in [-0.2, 0) is 13.0 Å². The van der Waals surface area contributed by atoms with E-state index < -0.39 is 0 Å². The number of hydrogen-bond donors (Lipinski definition) is 0. The fourth-order valence-corrected chi connectivity index (χ4v) is 3.86. The average molecular weight is 340 g/mol. The molecule has 6 heteroatoms. The molecule has 1 aliphatic rings. The molecule has 1 fully saturated rings. The zero-order valence-electron chi connectivity index (χ0n) is 13.7. The summed E-state index contributed by atoms with van der Waals surface area (Å²) in [6.07, 6.45) is 4.18. The third-order valence-corrected chi connectivity index (χ3v) is 5.17. The molecule has 24 heavy (non-hydrogen) atoms. The maximum absolute atomic E-state index is 12.3. The SMILES string of the molecule is CCCc1cc(=O)n2nc(N(Cc3ccccc3)C3CC3)sc2n1. The Morgan fingerprint density at radius 2 is 2.08 bits per heavy atom. The van der Waals surface area contributed by atoms with Gasteiger partial charge in [-0.05, 0) is 24.8 Å². The van der Waals surface area contributed by atoms with Crippen molar-refractivity contribution in [3.8, 4) is 0 Å². The van der Waals surface area contributed by atoms with E-state index in [4.69, 9.17) is 0 Å². The van der Waals surface area contributed by atoms with Gasteiger partial charge in [0, 0.05) is 24.3 Å². The van der Waals surface area contributed by atoms with Crippen LogP contribution in [0.1, 0.15) is 37.4 Å². The van der Waals surface area contributed by atoms with Crippen molar-refractivity contribution in [3.05, 3.63) is 58.0 Å². The lowest BCUT2D eigenvalue weighted by molar-refractivity contribution is 0.763. The van der Waals surface area contributed by atoms with Crippen LogP contribution in [0.3, 0.4) is 0 Å². The minimum Gasteiger partial charge on any atom is -0.339 e. The van der Waals surface area contributed by atoms with Crippen molar-refractivity contribution in [3.63, 3.8) is 0 Å². The zero-order valence-corrected chi connectivity index (χ0v) is 14.5. The minimum atomic E-state index is -0.0820. The molecule has 3 aromatic rings. The standard InChI is InChI=1S/C18H20N4OS/c1-2-6-14-11-16(23)22-17(19-14)24-18(20-22)21(15-9-10-15)12-13-7-4-3-5-8-13/h3-5,7-8,11,15H,2,6,9-10,12H2,1H3. The molecular weight excluding hydrogens is 320 g/mol. The molecule has 2 heterocycles. The van der Waals surface area contributed by atoms with Gasteiger partial charge in [-0.15, -0.1) is 5.10 Å². The van der Waals surface area contributed by atoms with Crippen molar-refractivity contribution in [1.29, 1.82) is 0 Å². The zero-order chi connectivity index (χ0) is 16.5. The molecule has 2 aromatic heterocycles.